The maximum absolute atomic E-state index is 11.8. The van der Waals surface area contributed by atoms with Crippen molar-refractivity contribution in [3.05, 3.63) is 33.8 Å². The van der Waals surface area contributed by atoms with Crippen molar-refractivity contribution in [2.75, 3.05) is 0 Å². The van der Waals surface area contributed by atoms with E-state index >= 15 is 0 Å². The van der Waals surface area contributed by atoms with E-state index in [9.17, 15) is 13.6 Å². The molecule has 0 heterocycles. The molecule has 90 valence electrons. The van der Waals surface area contributed by atoms with Crippen LogP contribution in [0.3, 0.4) is 0 Å². The molecule has 0 amide bonds. The highest BCUT2D eigenvalue weighted by atomic mass is 79.9. The molecule has 0 aliphatic rings. The van der Waals surface area contributed by atoms with Gasteiger partial charge in [-0.2, -0.15) is 0 Å². The Balaban J connectivity index is 2.94. The first kappa shape index (κ1) is 13.7. The topological polar surface area (TPSA) is 61.6 Å². The summed E-state index contributed by atoms with van der Waals surface area (Å²) in [6.45, 7) is 0.329. The first-order valence-corrected chi connectivity index (χ1v) is 6.74. The number of hydrogen-bond acceptors (Lipinski definition) is 4. The lowest BCUT2D eigenvalue weighted by Crippen LogP contribution is -1.98. The molecule has 4 nitrogen and oxygen atoms in total. The van der Waals surface area contributed by atoms with E-state index in [1.165, 1.54) is 6.07 Å². The largest absolute Gasteiger partial charge is 0.399 e. The molecule has 16 heavy (non-hydrogen) atoms. The Bertz CT molecular complexity index is 410. The third kappa shape index (κ3) is 3.33. The molecule has 1 aromatic rings. The van der Waals surface area contributed by atoms with Crippen molar-refractivity contribution in [3.8, 4) is 0 Å². The lowest BCUT2D eigenvalue weighted by molar-refractivity contribution is -0.0881. The predicted molar refractivity (Wildman–Crippen MR) is 57.7 cm³/mol. The van der Waals surface area contributed by atoms with Gasteiger partial charge in [0.15, 0.2) is 0 Å². The van der Waals surface area contributed by atoms with Crippen molar-refractivity contribution in [3.63, 3.8) is 0 Å². The zero-order valence-corrected chi connectivity index (χ0v) is 10.5. The van der Waals surface area contributed by atoms with E-state index in [0.717, 1.165) is 5.56 Å². The Morgan fingerprint density at radius 2 is 2.00 bits per heavy atom. The van der Waals surface area contributed by atoms with Crippen molar-refractivity contribution in [2.45, 2.75) is 12.7 Å². The molecular formula is C8H9BrF2NO3P. The molecule has 1 rings (SSSR count). The molecule has 0 aromatic heterocycles. The highest BCUT2D eigenvalue weighted by Gasteiger charge is 2.28. The minimum Gasteiger partial charge on any atom is -0.326 e. The molecule has 8 heteroatoms. The molecule has 2 N–H and O–H groups in total. The van der Waals surface area contributed by atoms with Gasteiger partial charge in [-0.05, 0) is 26.2 Å². The van der Waals surface area contributed by atoms with Crippen LogP contribution >= 0.6 is 23.5 Å². The van der Waals surface area contributed by atoms with Gasteiger partial charge in [-0.25, -0.2) is 0 Å². The summed E-state index contributed by atoms with van der Waals surface area (Å²) in [5.74, 6) is 0. The van der Waals surface area contributed by atoms with Crippen LogP contribution in [0.4, 0.5) is 9.05 Å². The predicted octanol–water partition coefficient (Wildman–Crippen LogP) is 3.40. The molecule has 0 aliphatic carbocycles. The lowest BCUT2D eigenvalue weighted by Gasteiger charge is -2.09. The Morgan fingerprint density at radius 3 is 2.44 bits per heavy atom. The average Bonchev–Trinajstić information content (AvgIpc) is 2.31. The summed E-state index contributed by atoms with van der Waals surface area (Å²) in [4.78, 5) is 0. The van der Waals surface area contributed by atoms with Crippen molar-refractivity contribution in [2.24, 2.45) is 5.73 Å². The van der Waals surface area contributed by atoms with Crippen LogP contribution in [0.25, 0.3) is 0 Å². The molecule has 0 saturated heterocycles. The number of benzene rings is 1. The molecule has 0 bridgehead atoms. The fourth-order valence-electron chi connectivity index (χ4n) is 1.11. The van der Waals surface area contributed by atoms with Gasteiger partial charge >= 0.3 is 7.60 Å². The maximum Gasteiger partial charge on any atom is 0.399 e. The first-order chi connectivity index (χ1) is 7.54. The van der Waals surface area contributed by atoms with Crippen LogP contribution in [-0.4, -0.2) is 0 Å². The van der Waals surface area contributed by atoms with E-state index in [-0.39, 0.29) is 0 Å². The highest BCUT2D eigenvalue weighted by Crippen LogP contribution is 2.52. The van der Waals surface area contributed by atoms with Crippen LogP contribution < -0.4 is 5.73 Å². The van der Waals surface area contributed by atoms with E-state index < -0.39 is 13.8 Å². The summed E-state index contributed by atoms with van der Waals surface area (Å²) in [6, 6.07) is 4.86. The highest BCUT2D eigenvalue weighted by molar-refractivity contribution is 9.10. The Labute approximate surface area is 99.2 Å². The van der Waals surface area contributed by atoms with Gasteiger partial charge in [0.05, 0.1) is 6.16 Å². The van der Waals surface area contributed by atoms with Crippen LogP contribution in [0.15, 0.2) is 22.7 Å². The van der Waals surface area contributed by atoms with Gasteiger partial charge in [0, 0.05) is 11.0 Å². The van der Waals surface area contributed by atoms with Gasteiger partial charge < -0.3 is 5.73 Å². The normalized spacial score (nSPS) is 11.8. The molecule has 0 spiro atoms. The van der Waals surface area contributed by atoms with Crippen LogP contribution in [0.1, 0.15) is 11.1 Å². The van der Waals surface area contributed by atoms with E-state index in [2.05, 4.69) is 25.4 Å². The standard InChI is InChI=1S/C8H9BrF2NO3P/c9-8-3-6(4-12)1-2-7(8)5-16(13,14-10)15-11/h1-3H,4-5,12H2. The molecule has 0 unspecified atom stereocenters. The van der Waals surface area contributed by atoms with E-state index in [4.69, 9.17) is 5.73 Å². The zero-order valence-electron chi connectivity index (χ0n) is 8.03. The summed E-state index contributed by atoms with van der Waals surface area (Å²) < 4.78 is 41.4. The fraction of sp³-hybridized carbons (Fsp3) is 0.250. The lowest BCUT2D eigenvalue weighted by atomic mass is 10.1. The van der Waals surface area contributed by atoms with Crippen LogP contribution in [0, 0.1) is 0 Å². The molecule has 0 atom stereocenters. The van der Waals surface area contributed by atoms with Crippen molar-refractivity contribution in [1.29, 1.82) is 0 Å². The third-order valence-corrected chi connectivity index (χ3v) is 3.81. The molecule has 0 aliphatic heterocycles. The second-order valence-electron chi connectivity index (χ2n) is 3.04. The Morgan fingerprint density at radius 1 is 1.38 bits per heavy atom. The minimum atomic E-state index is -4.35. The van der Waals surface area contributed by atoms with Gasteiger partial charge in [0.1, 0.15) is 0 Å². The molecular weight excluding hydrogens is 307 g/mol. The number of nitrogens with two attached hydrogens (primary N) is 1. The van der Waals surface area contributed by atoms with Gasteiger partial charge in [-0.1, -0.05) is 28.1 Å². The van der Waals surface area contributed by atoms with E-state index in [0.29, 0.717) is 16.6 Å². The summed E-state index contributed by atoms with van der Waals surface area (Å²) in [5.41, 5.74) is 6.63. The summed E-state index contributed by atoms with van der Waals surface area (Å²) in [7, 11) is -4.35. The van der Waals surface area contributed by atoms with Crippen molar-refractivity contribution in [1.82, 2.24) is 0 Å². The molecule has 0 fully saturated rings. The Kier molecular flexibility index (Phi) is 5.01. The minimum absolute atomic E-state index is 0.329. The maximum atomic E-state index is 11.8. The number of halogens is 3. The number of hydrogen-bond donors (Lipinski definition) is 1. The molecule has 0 saturated carbocycles. The van der Waals surface area contributed by atoms with Crippen LogP contribution in [0.5, 0.6) is 0 Å². The second-order valence-corrected chi connectivity index (χ2v) is 5.71. The first-order valence-electron chi connectivity index (χ1n) is 4.21. The zero-order chi connectivity index (χ0) is 12.2. The average molecular weight is 316 g/mol. The van der Waals surface area contributed by atoms with Crippen molar-refractivity contribution < 1.29 is 23.1 Å². The monoisotopic (exact) mass is 315 g/mol. The van der Waals surface area contributed by atoms with Gasteiger partial charge in [-0.3, -0.25) is 4.57 Å². The van der Waals surface area contributed by atoms with Crippen LogP contribution in [-0.2, 0) is 26.7 Å². The Hall–Kier alpha value is -0.330. The van der Waals surface area contributed by atoms with Gasteiger partial charge in [0.2, 0.25) is 0 Å². The summed E-state index contributed by atoms with van der Waals surface area (Å²) >= 11 is 3.17. The molecule has 1 aromatic carbocycles. The quantitative estimate of drug-likeness (QED) is 0.846. The van der Waals surface area contributed by atoms with E-state index in [1.54, 1.807) is 12.1 Å². The smallest absolute Gasteiger partial charge is 0.326 e. The molecule has 0 radical (unpaired) electrons. The van der Waals surface area contributed by atoms with E-state index in [1.807, 2.05) is 0 Å². The van der Waals surface area contributed by atoms with Crippen LogP contribution in [0.2, 0.25) is 0 Å². The van der Waals surface area contributed by atoms with Gasteiger partial charge in [-0.15, -0.1) is 9.46 Å². The van der Waals surface area contributed by atoms with Gasteiger partial charge in [0.25, 0.3) is 0 Å². The second kappa shape index (κ2) is 5.84. The summed E-state index contributed by atoms with van der Waals surface area (Å²) in [5, 5.41) is 0. The third-order valence-electron chi connectivity index (χ3n) is 1.93. The van der Waals surface area contributed by atoms with Crippen molar-refractivity contribution >= 4 is 23.5 Å². The number of rotatable bonds is 5. The SMILES string of the molecule is NCc1ccc(CP(=O)(OF)OF)c(Br)c1. The fourth-order valence-corrected chi connectivity index (χ4v) is 2.71. The summed E-state index contributed by atoms with van der Waals surface area (Å²) in [6.07, 6.45) is -0.508.